The Bertz CT molecular complexity index is 303. The highest BCUT2D eigenvalue weighted by Gasteiger charge is 2.25. The molecule has 0 aromatic rings. The first-order valence-corrected chi connectivity index (χ1v) is 8.02. The van der Waals surface area contributed by atoms with E-state index in [-0.39, 0.29) is 24.8 Å². The zero-order valence-electron chi connectivity index (χ0n) is 13.6. The number of hydrogen-bond acceptors (Lipinski definition) is 4. The summed E-state index contributed by atoms with van der Waals surface area (Å²) in [5.41, 5.74) is 0. The molecule has 1 atom stereocenters. The topological polar surface area (TPSA) is 44.8 Å². The number of morpholine rings is 1. The van der Waals surface area contributed by atoms with Crippen molar-refractivity contribution in [3.05, 3.63) is 0 Å². The Hall–Kier alpha value is -0.0700. The highest BCUT2D eigenvalue weighted by molar-refractivity contribution is 5.85. The first kappa shape index (κ1) is 21.9. The number of carbonyl (C=O) groups excluding carboxylic acids is 1. The lowest BCUT2D eigenvalue weighted by molar-refractivity contribution is -0.133. The van der Waals surface area contributed by atoms with E-state index in [0.29, 0.717) is 18.2 Å². The fraction of sp³-hybridized carbons (Fsp3) is 0.933. The smallest absolute Gasteiger partial charge is 0.222 e. The van der Waals surface area contributed by atoms with Gasteiger partial charge in [0, 0.05) is 39.1 Å². The molecule has 1 amide bonds. The second-order valence-electron chi connectivity index (χ2n) is 5.97. The fourth-order valence-corrected chi connectivity index (χ4v) is 3.16. The summed E-state index contributed by atoms with van der Waals surface area (Å²) in [6.45, 7) is 7.78. The van der Waals surface area contributed by atoms with Gasteiger partial charge in [0.15, 0.2) is 0 Å². The Balaban J connectivity index is 0.00000220. The van der Waals surface area contributed by atoms with Crippen LogP contribution in [0.2, 0.25) is 0 Å². The van der Waals surface area contributed by atoms with E-state index in [9.17, 15) is 4.79 Å². The van der Waals surface area contributed by atoms with E-state index in [4.69, 9.17) is 4.74 Å². The summed E-state index contributed by atoms with van der Waals surface area (Å²) in [5.74, 6) is 0.988. The molecule has 0 saturated carbocycles. The molecule has 0 aromatic carbocycles. The SMILES string of the molecule is CNCCCC(=O)N1CCCC(CN2CCOCC2)C1.Cl.Cl. The molecule has 2 saturated heterocycles. The van der Waals surface area contributed by atoms with Crippen LogP contribution in [0.1, 0.15) is 25.7 Å². The molecule has 0 radical (unpaired) electrons. The fourth-order valence-electron chi connectivity index (χ4n) is 3.16. The summed E-state index contributed by atoms with van der Waals surface area (Å²) in [6.07, 6.45) is 4.05. The predicted octanol–water partition coefficient (Wildman–Crippen LogP) is 1.40. The molecule has 2 aliphatic heterocycles. The maximum Gasteiger partial charge on any atom is 0.222 e. The van der Waals surface area contributed by atoms with E-state index < -0.39 is 0 Å². The number of carbonyl (C=O) groups is 1. The zero-order chi connectivity index (χ0) is 14.2. The van der Waals surface area contributed by atoms with Crippen molar-refractivity contribution in [2.45, 2.75) is 25.7 Å². The average molecular weight is 356 g/mol. The molecule has 2 aliphatic rings. The van der Waals surface area contributed by atoms with Gasteiger partial charge in [-0.1, -0.05) is 0 Å². The number of halogens is 2. The Morgan fingerprint density at radius 2 is 1.95 bits per heavy atom. The highest BCUT2D eigenvalue weighted by atomic mass is 35.5. The third kappa shape index (κ3) is 7.47. The average Bonchev–Trinajstić information content (AvgIpc) is 2.49. The van der Waals surface area contributed by atoms with Crippen LogP contribution in [0.5, 0.6) is 0 Å². The lowest BCUT2D eigenvalue weighted by atomic mass is 9.97. The van der Waals surface area contributed by atoms with Crippen molar-refractivity contribution in [3.8, 4) is 0 Å². The molecular weight excluding hydrogens is 325 g/mol. The van der Waals surface area contributed by atoms with Gasteiger partial charge in [-0.25, -0.2) is 0 Å². The van der Waals surface area contributed by atoms with Crippen LogP contribution in [0.3, 0.4) is 0 Å². The molecule has 2 rings (SSSR count). The summed E-state index contributed by atoms with van der Waals surface area (Å²) in [4.78, 5) is 16.8. The minimum absolute atomic E-state index is 0. The molecule has 7 heteroatoms. The number of nitrogens with one attached hydrogen (secondary N) is 1. The third-order valence-electron chi connectivity index (χ3n) is 4.31. The third-order valence-corrected chi connectivity index (χ3v) is 4.31. The molecule has 0 aromatic heterocycles. The molecule has 22 heavy (non-hydrogen) atoms. The van der Waals surface area contributed by atoms with E-state index in [1.165, 1.54) is 6.42 Å². The maximum absolute atomic E-state index is 12.2. The van der Waals surface area contributed by atoms with Gasteiger partial charge in [0.05, 0.1) is 13.2 Å². The molecular formula is C15H31Cl2N3O2. The first-order valence-electron chi connectivity index (χ1n) is 8.02. The van der Waals surface area contributed by atoms with E-state index in [1.54, 1.807) is 0 Å². The Kier molecular flexibility index (Phi) is 12.3. The monoisotopic (exact) mass is 355 g/mol. The predicted molar refractivity (Wildman–Crippen MR) is 94.2 cm³/mol. The largest absolute Gasteiger partial charge is 0.379 e. The van der Waals surface area contributed by atoms with Crippen LogP contribution in [0.4, 0.5) is 0 Å². The van der Waals surface area contributed by atoms with Crippen LogP contribution in [-0.4, -0.2) is 75.2 Å². The van der Waals surface area contributed by atoms with E-state index >= 15 is 0 Å². The van der Waals surface area contributed by atoms with Gasteiger partial charge >= 0.3 is 0 Å². The van der Waals surface area contributed by atoms with Gasteiger partial charge in [-0.3, -0.25) is 9.69 Å². The van der Waals surface area contributed by atoms with Gasteiger partial charge in [-0.05, 0) is 38.8 Å². The van der Waals surface area contributed by atoms with E-state index in [0.717, 1.165) is 65.3 Å². The number of hydrogen-bond donors (Lipinski definition) is 1. The van der Waals surface area contributed by atoms with Crippen molar-refractivity contribution in [1.29, 1.82) is 0 Å². The number of likely N-dealkylation sites (tertiary alicyclic amines) is 1. The van der Waals surface area contributed by atoms with Crippen molar-refractivity contribution >= 4 is 30.7 Å². The molecule has 132 valence electrons. The first-order chi connectivity index (χ1) is 9.79. The van der Waals surface area contributed by atoms with E-state index in [1.807, 2.05) is 7.05 Å². The molecule has 1 unspecified atom stereocenters. The van der Waals surface area contributed by atoms with Gasteiger partial charge < -0.3 is 15.0 Å². The van der Waals surface area contributed by atoms with Crippen molar-refractivity contribution < 1.29 is 9.53 Å². The second kappa shape index (κ2) is 12.4. The molecule has 2 fully saturated rings. The van der Waals surface area contributed by atoms with Crippen LogP contribution in [-0.2, 0) is 9.53 Å². The molecule has 5 nitrogen and oxygen atoms in total. The molecule has 0 bridgehead atoms. The van der Waals surface area contributed by atoms with Crippen LogP contribution in [0, 0.1) is 5.92 Å². The number of rotatable bonds is 6. The molecule has 0 spiro atoms. The highest BCUT2D eigenvalue weighted by Crippen LogP contribution is 2.19. The lowest BCUT2D eigenvalue weighted by Gasteiger charge is -2.36. The summed E-state index contributed by atoms with van der Waals surface area (Å²) in [5, 5.41) is 3.10. The maximum atomic E-state index is 12.2. The minimum atomic E-state index is 0. The van der Waals surface area contributed by atoms with Gasteiger partial charge in [0.25, 0.3) is 0 Å². The van der Waals surface area contributed by atoms with Gasteiger partial charge in [-0.2, -0.15) is 0 Å². The van der Waals surface area contributed by atoms with Gasteiger partial charge in [-0.15, -0.1) is 24.8 Å². The number of piperidine rings is 1. The Morgan fingerprint density at radius 3 is 2.64 bits per heavy atom. The normalized spacial score (nSPS) is 22.6. The molecule has 2 heterocycles. The number of amides is 1. The molecule has 1 N–H and O–H groups in total. The lowest BCUT2D eigenvalue weighted by Crippen LogP contribution is -2.46. The van der Waals surface area contributed by atoms with Crippen LogP contribution in [0.25, 0.3) is 0 Å². The number of nitrogens with zero attached hydrogens (tertiary/aromatic N) is 2. The van der Waals surface area contributed by atoms with Crippen LogP contribution < -0.4 is 5.32 Å². The van der Waals surface area contributed by atoms with Crippen molar-refractivity contribution in [2.75, 3.05) is 59.5 Å². The summed E-state index contributed by atoms with van der Waals surface area (Å²) in [6, 6.07) is 0. The quantitative estimate of drug-likeness (QED) is 0.731. The zero-order valence-corrected chi connectivity index (χ0v) is 15.2. The summed E-state index contributed by atoms with van der Waals surface area (Å²) >= 11 is 0. The van der Waals surface area contributed by atoms with Crippen LogP contribution in [0.15, 0.2) is 0 Å². The Morgan fingerprint density at radius 1 is 1.23 bits per heavy atom. The van der Waals surface area contributed by atoms with Crippen molar-refractivity contribution in [1.82, 2.24) is 15.1 Å². The van der Waals surface area contributed by atoms with E-state index in [2.05, 4.69) is 15.1 Å². The Labute approximate surface area is 146 Å². The summed E-state index contributed by atoms with van der Waals surface area (Å²) < 4.78 is 5.39. The standard InChI is InChI=1S/C15H29N3O2.2ClH/c1-16-6-2-5-15(19)18-7-3-4-14(13-18)12-17-8-10-20-11-9-17;;/h14,16H,2-13H2,1H3;2*1H. The van der Waals surface area contributed by atoms with Gasteiger partial charge in [0.1, 0.15) is 0 Å². The molecule has 0 aliphatic carbocycles. The van der Waals surface area contributed by atoms with Crippen molar-refractivity contribution in [3.63, 3.8) is 0 Å². The van der Waals surface area contributed by atoms with Crippen molar-refractivity contribution in [2.24, 2.45) is 5.92 Å². The van der Waals surface area contributed by atoms with Crippen LogP contribution >= 0.6 is 24.8 Å². The second-order valence-corrected chi connectivity index (χ2v) is 5.97. The minimum Gasteiger partial charge on any atom is -0.379 e. The summed E-state index contributed by atoms with van der Waals surface area (Å²) in [7, 11) is 1.93. The van der Waals surface area contributed by atoms with Gasteiger partial charge in [0.2, 0.25) is 5.91 Å². The number of ether oxygens (including phenoxy) is 1.